The second-order valence-corrected chi connectivity index (χ2v) is 4.06. The van der Waals surface area contributed by atoms with E-state index in [1.165, 1.54) is 10.9 Å². The highest BCUT2D eigenvalue weighted by Gasteiger charge is 2.12. The van der Waals surface area contributed by atoms with Crippen LogP contribution >= 0.6 is 0 Å². The molecular weight excluding hydrogens is 234 g/mol. The minimum atomic E-state index is -0.0828. The zero-order valence-corrected chi connectivity index (χ0v) is 10.3. The summed E-state index contributed by atoms with van der Waals surface area (Å²) in [4.78, 5) is 17.6. The number of H-pyrrole nitrogens is 1. The lowest BCUT2D eigenvalue weighted by Gasteiger charge is -2.14. The zero-order valence-electron chi connectivity index (χ0n) is 10.3. The van der Waals surface area contributed by atoms with Crippen LogP contribution in [-0.2, 0) is 17.9 Å². The second-order valence-electron chi connectivity index (χ2n) is 4.06. The van der Waals surface area contributed by atoms with Crippen LogP contribution in [0, 0.1) is 6.92 Å². The minimum absolute atomic E-state index is 0.0828. The van der Waals surface area contributed by atoms with Crippen molar-refractivity contribution in [1.82, 2.24) is 29.9 Å². The van der Waals surface area contributed by atoms with Gasteiger partial charge in [-0.15, -0.1) is 0 Å². The van der Waals surface area contributed by atoms with Gasteiger partial charge in [0.2, 0.25) is 5.91 Å². The topological polar surface area (TPSA) is 106 Å². The Kier molecular flexibility index (Phi) is 3.26. The smallest absolute Gasteiger partial charge is 0.244 e. The lowest BCUT2D eigenvalue weighted by Crippen LogP contribution is -2.30. The van der Waals surface area contributed by atoms with E-state index in [0.29, 0.717) is 18.1 Å². The van der Waals surface area contributed by atoms with Crippen molar-refractivity contribution in [3.8, 4) is 0 Å². The van der Waals surface area contributed by atoms with Crippen molar-refractivity contribution >= 4 is 11.6 Å². The van der Waals surface area contributed by atoms with Gasteiger partial charge < -0.3 is 10.6 Å². The fourth-order valence-electron chi connectivity index (χ4n) is 1.49. The standard InChI is InChI=1S/C10H15N7O/c1-7-13-9(15-14-7)5-16(2)10(18)6-17-4-8(11)3-12-17/h3-4H,5-6,11H2,1-2H3,(H,13,14,15). The molecule has 3 N–H and O–H groups in total. The van der Waals surface area contributed by atoms with Crippen LogP contribution in [0.25, 0.3) is 0 Å². The first kappa shape index (κ1) is 12.1. The van der Waals surface area contributed by atoms with Gasteiger partial charge in [0.15, 0.2) is 5.82 Å². The number of nitrogens with one attached hydrogen (secondary N) is 1. The molecule has 96 valence electrons. The number of carbonyl (C=O) groups is 1. The fraction of sp³-hybridized carbons (Fsp3) is 0.400. The summed E-state index contributed by atoms with van der Waals surface area (Å²) >= 11 is 0. The lowest BCUT2D eigenvalue weighted by molar-refractivity contribution is -0.131. The molecule has 18 heavy (non-hydrogen) atoms. The molecule has 0 aliphatic rings. The van der Waals surface area contributed by atoms with Crippen molar-refractivity contribution in [2.24, 2.45) is 0 Å². The Bertz CT molecular complexity index is 544. The van der Waals surface area contributed by atoms with Crippen LogP contribution in [0.1, 0.15) is 11.6 Å². The van der Waals surface area contributed by atoms with E-state index in [1.807, 2.05) is 6.92 Å². The highest BCUT2D eigenvalue weighted by Crippen LogP contribution is 2.01. The van der Waals surface area contributed by atoms with Gasteiger partial charge in [0, 0.05) is 13.2 Å². The number of amides is 1. The van der Waals surface area contributed by atoms with Crippen molar-refractivity contribution in [3.63, 3.8) is 0 Å². The molecule has 0 fully saturated rings. The first-order chi connectivity index (χ1) is 8.54. The predicted octanol–water partition coefficient (Wildman–Crippen LogP) is -0.450. The maximum atomic E-state index is 11.9. The molecule has 2 heterocycles. The number of likely N-dealkylation sites (N-methyl/N-ethyl adjacent to an activating group) is 1. The van der Waals surface area contributed by atoms with Crippen molar-refractivity contribution in [1.29, 1.82) is 0 Å². The molecule has 0 aromatic carbocycles. The quantitative estimate of drug-likeness (QED) is 0.763. The Labute approximate surface area is 104 Å². The summed E-state index contributed by atoms with van der Waals surface area (Å²) in [6.07, 6.45) is 3.12. The molecule has 8 heteroatoms. The van der Waals surface area contributed by atoms with E-state index in [0.717, 1.165) is 5.82 Å². The molecule has 8 nitrogen and oxygen atoms in total. The van der Waals surface area contributed by atoms with E-state index in [4.69, 9.17) is 5.73 Å². The molecule has 0 bridgehead atoms. The van der Waals surface area contributed by atoms with Gasteiger partial charge in [0.25, 0.3) is 0 Å². The summed E-state index contributed by atoms with van der Waals surface area (Å²) in [7, 11) is 1.70. The first-order valence-corrected chi connectivity index (χ1v) is 5.44. The van der Waals surface area contributed by atoms with Gasteiger partial charge >= 0.3 is 0 Å². The van der Waals surface area contributed by atoms with Crippen molar-refractivity contribution in [3.05, 3.63) is 24.0 Å². The second kappa shape index (κ2) is 4.86. The third-order valence-electron chi connectivity index (χ3n) is 2.40. The number of hydrogen-bond acceptors (Lipinski definition) is 5. The molecule has 2 aromatic heterocycles. The van der Waals surface area contributed by atoms with Crippen LogP contribution in [0.15, 0.2) is 12.4 Å². The van der Waals surface area contributed by atoms with E-state index in [2.05, 4.69) is 20.3 Å². The molecule has 0 spiro atoms. The average Bonchev–Trinajstić information content (AvgIpc) is 2.88. The van der Waals surface area contributed by atoms with Crippen LogP contribution in [-0.4, -0.2) is 42.8 Å². The number of aryl methyl sites for hydroxylation is 1. The summed E-state index contributed by atoms with van der Waals surface area (Å²) < 4.78 is 1.50. The summed E-state index contributed by atoms with van der Waals surface area (Å²) in [6.45, 7) is 2.32. The monoisotopic (exact) mass is 249 g/mol. The third-order valence-corrected chi connectivity index (χ3v) is 2.40. The number of aromatic amines is 1. The van der Waals surface area contributed by atoms with Crippen LogP contribution in [0.3, 0.4) is 0 Å². The number of aromatic nitrogens is 5. The van der Waals surface area contributed by atoms with Crippen LogP contribution in [0.4, 0.5) is 5.69 Å². The van der Waals surface area contributed by atoms with Crippen LogP contribution in [0.5, 0.6) is 0 Å². The molecule has 2 rings (SSSR count). The van der Waals surface area contributed by atoms with E-state index in [9.17, 15) is 4.79 Å². The minimum Gasteiger partial charge on any atom is -0.396 e. The lowest BCUT2D eigenvalue weighted by atomic mass is 10.4. The summed E-state index contributed by atoms with van der Waals surface area (Å²) in [5.41, 5.74) is 6.06. The number of rotatable bonds is 4. The molecule has 0 aliphatic heterocycles. The maximum absolute atomic E-state index is 11.9. The molecule has 0 aliphatic carbocycles. The Hall–Kier alpha value is -2.38. The molecule has 2 aromatic rings. The Morgan fingerprint density at radius 3 is 2.94 bits per heavy atom. The summed E-state index contributed by atoms with van der Waals surface area (Å²) in [5, 5.41) is 10.7. The largest absolute Gasteiger partial charge is 0.396 e. The van der Waals surface area contributed by atoms with Crippen molar-refractivity contribution in [2.45, 2.75) is 20.0 Å². The Morgan fingerprint density at radius 1 is 1.61 bits per heavy atom. The van der Waals surface area contributed by atoms with Crippen LogP contribution in [0.2, 0.25) is 0 Å². The van der Waals surface area contributed by atoms with Gasteiger partial charge in [0.05, 0.1) is 18.4 Å². The van der Waals surface area contributed by atoms with Gasteiger partial charge in [-0.3, -0.25) is 14.6 Å². The fourth-order valence-corrected chi connectivity index (χ4v) is 1.49. The Morgan fingerprint density at radius 2 is 2.39 bits per heavy atom. The van der Waals surface area contributed by atoms with Gasteiger partial charge in [-0.05, 0) is 6.92 Å². The SMILES string of the molecule is Cc1nc(CN(C)C(=O)Cn2cc(N)cn2)n[nH]1. The molecule has 1 amide bonds. The summed E-state index contributed by atoms with van der Waals surface area (Å²) in [6, 6.07) is 0. The molecule has 0 saturated heterocycles. The number of nitrogens with zero attached hydrogens (tertiary/aromatic N) is 5. The highest BCUT2D eigenvalue weighted by atomic mass is 16.2. The zero-order chi connectivity index (χ0) is 13.1. The van der Waals surface area contributed by atoms with Crippen LogP contribution < -0.4 is 5.73 Å². The van der Waals surface area contributed by atoms with Gasteiger partial charge in [-0.25, -0.2) is 4.98 Å². The Balaban J connectivity index is 1.92. The van der Waals surface area contributed by atoms with Gasteiger partial charge in [-0.2, -0.15) is 10.2 Å². The van der Waals surface area contributed by atoms with Gasteiger partial charge in [0.1, 0.15) is 12.4 Å². The summed E-state index contributed by atoms with van der Waals surface area (Å²) in [5.74, 6) is 1.23. The number of hydrogen-bond donors (Lipinski definition) is 2. The molecule has 0 saturated carbocycles. The number of carbonyl (C=O) groups excluding carboxylic acids is 1. The number of anilines is 1. The third kappa shape index (κ3) is 2.84. The van der Waals surface area contributed by atoms with Crippen molar-refractivity contribution < 1.29 is 4.79 Å². The van der Waals surface area contributed by atoms with Gasteiger partial charge in [-0.1, -0.05) is 0 Å². The molecule has 0 atom stereocenters. The number of nitrogens with two attached hydrogens (primary N) is 1. The first-order valence-electron chi connectivity index (χ1n) is 5.44. The molecule has 0 radical (unpaired) electrons. The molecule has 0 unspecified atom stereocenters. The van der Waals surface area contributed by atoms with E-state index < -0.39 is 0 Å². The average molecular weight is 249 g/mol. The normalized spacial score (nSPS) is 10.6. The van der Waals surface area contributed by atoms with Crippen molar-refractivity contribution in [2.75, 3.05) is 12.8 Å². The number of nitrogen functional groups attached to an aromatic ring is 1. The van der Waals surface area contributed by atoms with E-state index >= 15 is 0 Å². The highest BCUT2D eigenvalue weighted by molar-refractivity contribution is 5.75. The maximum Gasteiger partial charge on any atom is 0.244 e. The van der Waals surface area contributed by atoms with E-state index in [-0.39, 0.29) is 12.5 Å². The molecular formula is C10H15N7O. The predicted molar refractivity (Wildman–Crippen MR) is 64.2 cm³/mol. The van der Waals surface area contributed by atoms with E-state index in [1.54, 1.807) is 18.1 Å².